The van der Waals surface area contributed by atoms with Gasteiger partial charge in [0, 0.05) is 19.6 Å². The van der Waals surface area contributed by atoms with Gasteiger partial charge in [0.15, 0.2) is 0 Å². The zero-order valence-corrected chi connectivity index (χ0v) is 8.68. The summed E-state index contributed by atoms with van der Waals surface area (Å²) in [5.41, 5.74) is 5.69. The highest BCUT2D eigenvalue weighted by molar-refractivity contribution is 5.97. The summed E-state index contributed by atoms with van der Waals surface area (Å²) in [6.45, 7) is 1.53. The molecule has 1 aliphatic heterocycles. The fourth-order valence-corrected chi connectivity index (χ4v) is 1.75. The van der Waals surface area contributed by atoms with Crippen molar-refractivity contribution in [2.45, 2.75) is 6.04 Å². The van der Waals surface area contributed by atoms with Crippen LogP contribution in [0.15, 0.2) is 23.0 Å². The zero-order chi connectivity index (χ0) is 11.5. The third-order valence-electron chi connectivity index (χ3n) is 2.60. The summed E-state index contributed by atoms with van der Waals surface area (Å²) in [4.78, 5) is 24.7. The maximum atomic E-state index is 12.0. The molecule has 6 heteroatoms. The second-order valence-corrected chi connectivity index (χ2v) is 3.63. The van der Waals surface area contributed by atoms with E-state index in [1.807, 2.05) is 0 Å². The molecule has 1 unspecified atom stereocenters. The number of piperazine rings is 1. The van der Waals surface area contributed by atoms with Gasteiger partial charge >= 0.3 is 0 Å². The molecule has 1 atom stereocenters. The van der Waals surface area contributed by atoms with Crippen LogP contribution < -0.4 is 11.1 Å². The fourth-order valence-electron chi connectivity index (χ4n) is 1.75. The van der Waals surface area contributed by atoms with Crippen LogP contribution >= 0.6 is 0 Å². The van der Waals surface area contributed by atoms with Gasteiger partial charge in [-0.15, -0.1) is 0 Å². The Bertz CT molecular complexity index is 388. The molecule has 3 N–H and O–H groups in total. The molecule has 1 aromatic rings. The van der Waals surface area contributed by atoms with Gasteiger partial charge in [-0.2, -0.15) is 0 Å². The van der Waals surface area contributed by atoms with E-state index in [2.05, 4.69) is 5.32 Å². The minimum atomic E-state index is -0.587. The first-order valence-corrected chi connectivity index (χ1v) is 5.03. The van der Waals surface area contributed by atoms with E-state index >= 15 is 0 Å². The minimum absolute atomic E-state index is 0.223. The number of nitrogens with zero attached hydrogens (tertiary/aromatic N) is 1. The molecule has 0 aliphatic carbocycles. The quantitative estimate of drug-likeness (QED) is 0.685. The standard InChI is InChI=1S/C10H13N3O3/c11-9(14)8-5-12-2-3-13(8)10(15)7-1-4-16-6-7/h1,4,6,8,12H,2-3,5H2,(H2,11,14). The normalized spacial score (nSPS) is 20.8. The van der Waals surface area contributed by atoms with Crippen LogP contribution in [0.1, 0.15) is 10.4 Å². The molecule has 0 radical (unpaired) electrons. The van der Waals surface area contributed by atoms with Crippen molar-refractivity contribution in [1.82, 2.24) is 10.2 Å². The lowest BCUT2D eigenvalue weighted by Crippen LogP contribution is -2.58. The molecule has 16 heavy (non-hydrogen) atoms. The average molecular weight is 223 g/mol. The van der Waals surface area contributed by atoms with Gasteiger partial charge in [-0.3, -0.25) is 9.59 Å². The van der Waals surface area contributed by atoms with Crippen LogP contribution in [0.3, 0.4) is 0 Å². The molecule has 1 saturated heterocycles. The van der Waals surface area contributed by atoms with E-state index in [1.165, 1.54) is 17.4 Å². The van der Waals surface area contributed by atoms with E-state index in [9.17, 15) is 9.59 Å². The maximum absolute atomic E-state index is 12.0. The first-order valence-electron chi connectivity index (χ1n) is 5.03. The summed E-state index contributed by atoms with van der Waals surface area (Å²) >= 11 is 0. The second-order valence-electron chi connectivity index (χ2n) is 3.63. The molecule has 2 amide bonds. The Kier molecular flexibility index (Phi) is 2.91. The molecule has 2 rings (SSSR count). The van der Waals surface area contributed by atoms with Gasteiger partial charge in [-0.25, -0.2) is 0 Å². The van der Waals surface area contributed by atoms with E-state index in [4.69, 9.17) is 10.2 Å². The van der Waals surface area contributed by atoms with Crippen LogP contribution in [-0.2, 0) is 4.79 Å². The fraction of sp³-hybridized carbons (Fsp3) is 0.400. The Morgan fingerprint density at radius 1 is 1.56 bits per heavy atom. The first-order chi connectivity index (χ1) is 7.70. The number of carbonyl (C=O) groups is 2. The number of carbonyl (C=O) groups excluding carboxylic acids is 2. The van der Waals surface area contributed by atoms with Crippen molar-refractivity contribution >= 4 is 11.8 Å². The van der Waals surface area contributed by atoms with Gasteiger partial charge in [0.2, 0.25) is 5.91 Å². The average Bonchev–Trinajstić information content (AvgIpc) is 2.81. The number of amides is 2. The number of hydrogen-bond donors (Lipinski definition) is 2. The second kappa shape index (κ2) is 4.36. The van der Waals surface area contributed by atoms with Crippen molar-refractivity contribution in [3.05, 3.63) is 24.2 Å². The van der Waals surface area contributed by atoms with Crippen LogP contribution in [0.25, 0.3) is 0 Å². The van der Waals surface area contributed by atoms with Gasteiger partial charge in [0.1, 0.15) is 12.3 Å². The molecule has 1 aliphatic rings. The summed E-state index contributed by atoms with van der Waals surface area (Å²) in [6.07, 6.45) is 2.79. The Morgan fingerprint density at radius 2 is 2.38 bits per heavy atom. The third-order valence-corrected chi connectivity index (χ3v) is 2.60. The maximum Gasteiger partial charge on any atom is 0.257 e. The zero-order valence-electron chi connectivity index (χ0n) is 8.68. The van der Waals surface area contributed by atoms with Crippen molar-refractivity contribution in [1.29, 1.82) is 0 Å². The van der Waals surface area contributed by atoms with Gasteiger partial charge < -0.3 is 20.4 Å². The number of hydrogen-bond acceptors (Lipinski definition) is 4. The molecular formula is C10H13N3O3. The van der Waals surface area contributed by atoms with Gasteiger partial charge in [0.25, 0.3) is 5.91 Å². The molecule has 1 fully saturated rings. The number of furan rings is 1. The summed E-state index contributed by atoms with van der Waals surface area (Å²) in [6, 6.07) is 0.985. The van der Waals surface area contributed by atoms with E-state index in [-0.39, 0.29) is 5.91 Å². The summed E-state index contributed by atoms with van der Waals surface area (Å²) in [5.74, 6) is -0.719. The predicted octanol–water partition coefficient (Wildman–Crippen LogP) is -0.821. The van der Waals surface area contributed by atoms with Crippen molar-refractivity contribution in [2.75, 3.05) is 19.6 Å². The van der Waals surface area contributed by atoms with Crippen LogP contribution in [-0.4, -0.2) is 42.4 Å². The Morgan fingerprint density at radius 3 is 3.00 bits per heavy atom. The number of rotatable bonds is 2. The lowest BCUT2D eigenvalue weighted by molar-refractivity contribution is -0.122. The molecule has 0 bridgehead atoms. The number of nitrogens with one attached hydrogen (secondary N) is 1. The van der Waals surface area contributed by atoms with Gasteiger partial charge in [0.05, 0.1) is 11.8 Å². The van der Waals surface area contributed by atoms with Crippen LogP contribution in [0.5, 0.6) is 0 Å². The van der Waals surface area contributed by atoms with Crippen molar-refractivity contribution in [2.24, 2.45) is 5.73 Å². The van der Waals surface area contributed by atoms with Crippen LogP contribution in [0.4, 0.5) is 0 Å². The predicted molar refractivity (Wildman–Crippen MR) is 55.6 cm³/mol. The Balaban J connectivity index is 2.17. The first kappa shape index (κ1) is 10.7. The number of primary amides is 1. The molecule has 0 aromatic carbocycles. The monoisotopic (exact) mass is 223 g/mol. The molecule has 2 heterocycles. The highest BCUT2D eigenvalue weighted by atomic mass is 16.3. The molecular weight excluding hydrogens is 210 g/mol. The largest absolute Gasteiger partial charge is 0.472 e. The number of nitrogens with two attached hydrogens (primary N) is 1. The van der Waals surface area contributed by atoms with Crippen molar-refractivity contribution in [3.63, 3.8) is 0 Å². The molecule has 86 valence electrons. The summed E-state index contributed by atoms with van der Waals surface area (Å²) in [7, 11) is 0. The van der Waals surface area contributed by atoms with E-state index < -0.39 is 11.9 Å². The van der Waals surface area contributed by atoms with Crippen LogP contribution in [0.2, 0.25) is 0 Å². The SMILES string of the molecule is NC(=O)C1CNCCN1C(=O)c1ccoc1. The lowest BCUT2D eigenvalue weighted by Gasteiger charge is -2.33. The van der Waals surface area contributed by atoms with Gasteiger partial charge in [-0.1, -0.05) is 0 Å². The molecule has 0 spiro atoms. The lowest BCUT2D eigenvalue weighted by atomic mass is 10.1. The van der Waals surface area contributed by atoms with Crippen LogP contribution in [0, 0.1) is 0 Å². The van der Waals surface area contributed by atoms with E-state index in [1.54, 1.807) is 6.07 Å². The molecule has 6 nitrogen and oxygen atoms in total. The minimum Gasteiger partial charge on any atom is -0.472 e. The van der Waals surface area contributed by atoms with Gasteiger partial charge in [-0.05, 0) is 6.07 Å². The highest BCUT2D eigenvalue weighted by Gasteiger charge is 2.31. The third kappa shape index (κ3) is 1.92. The molecule has 1 aromatic heterocycles. The van der Waals surface area contributed by atoms with E-state index in [0.29, 0.717) is 25.2 Å². The Labute approximate surface area is 92.4 Å². The Hall–Kier alpha value is -1.82. The van der Waals surface area contributed by atoms with E-state index in [0.717, 1.165) is 0 Å². The smallest absolute Gasteiger partial charge is 0.257 e. The molecule has 0 saturated carbocycles. The van der Waals surface area contributed by atoms with Crippen molar-refractivity contribution < 1.29 is 14.0 Å². The van der Waals surface area contributed by atoms with Crippen molar-refractivity contribution in [3.8, 4) is 0 Å². The summed E-state index contributed by atoms with van der Waals surface area (Å²) in [5, 5.41) is 3.03. The highest BCUT2D eigenvalue weighted by Crippen LogP contribution is 2.10. The summed E-state index contributed by atoms with van der Waals surface area (Å²) < 4.78 is 4.84. The topological polar surface area (TPSA) is 88.6 Å².